The minimum absolute atomic E-state index is 0.0810. The first-order chi connectivity index (χ1) is 10.1. The Kier molecular flexibility index (Phi) is 5.38. The molecule has 0 aromatic carbocycles. The number of piperazine rings is 1. The van der Waals surface area contributed by atoms with Crippen molar-refractivity contribution in [3.05, 3.63) is 23.7 Å². The summed E-state index contributed by atoms with van der Waals surface area (Å²) in [5, 5.41) is 3.21. The summed E-state index contributed by atoms with van der Waals surface area (Å²) in [6, 6.07) is 3.86. The van der Waals surface area contributed by atoms with Crippen LogP contribution in [-0.4, -0.2) is 54.3 Å². The molecule has 0 saturated carbocycles. The van der Waals surface area contributed by atoms with Crippen LogP contribution in [0.5, 0.6) is 0 Å². The van der Waals surface area contributed by atoms with E-state index in [4.69, 9.17) is 4.42 Å². The number of carbonyl (C=O) groups is 2. The highest BCUT2D eigenvalue weighted by atomic mass is 16.3. The van der Waals surface area contributed by atoms with Crippen molar-refractivity contribution in [1.82, 2.24) is 15.1 Å². The summed E-state index contributed by atoms with van der Waals surface area (Å²) in [6.07, 6.45) is 0.472. The molecule has 1 aliphatic heterocycles. The molecule has 0 aliphatic carbocycles. The van der Waals surface area contributed by atoms with Crippen molar-refractivity contribution < 1.29 is 14.0 Å². The van der Waals surface area contributed by atoms with Gasteiger partial charge in [-0.25, -0.2) is 0 Å². The number of carbonyl (C=O) groups excluding carboxylic acids is 2. The molecule has 1 aromatic rings. The van der Waals surface area contributed by atoms with Crippen LogP contribution >= 0.6 is 0 Å². The van der Waals surface area contributed by atoms with Gasteiger partial charge in [0.2, 0.25) is 11.8 Å². The number of hydrogen-bond donors (Lipinski definition) is 1. The third kappa shape index (κ3) is 4.60. The van der Waals surface area contributed by atoms with Crippen molar-refractivity contribution in [3.8, 4) is 0 Å². The molecule has 6 heteroatoms. The Bertz CT molecular complexity index is 490. The average Bonchev–Trinajstić information content (AvgIpc) is 2.89. The molecule has 1 saturated heterocycles. The second-order valence-electron chi connectivity index (χ2n) is 5.33. The molecule has 0 bridgehead atoms. The SMILES string of the molecule is CC(=O)N1CCN(C(=O)CCNCc2ccc(C)o2)CC1. The van der Waals surface area contributed by atoms with Gasteiger partial charge in [0, 0.05) is 46.1 Å². The lowest BCUT2D eigenvalue weighted by Crippen LogP contribution is -2.50. The minimum Gasteiger partial charge on any atom is -0.465 e. The maximum atomic E-state index is 12.0. The van der Waals surface area contributed by atoms with Crippen LogP contribution in [0.25, 0.3) is 0 Å². The normalized spacial score (nSPS) is 15.3. The van der Waals surface area contributed by atoms with Gasteiger partial charge in [0.15, 0.2) is 0 Å². The second kappa shape index (κ2) is 7.26. The van der Waals surface area contributed by atoms with E-state index in [2.05, 4.69) is 5.32 Å². The van der Waals surface area contributed by atoms with Crippen molar-refractivity contribution in [3.63, 3.8) is 0 Å². The summed E-state index contributed by atoms with van der Waals surface area (Å²) in [7, 11) is 0. The van der Waals surface area contributed by atoms with Crippen molar-refractivity contribution in [2.45, 2.75) is 26.8 Å². The number of nitrogens with one attached hydrogen (secondary N) is 1. The van der Waals surface area contributed by atoms with Gasteiger partial charge < -0.3 is 19.5 Å². The van der Waals surface area contributed by atoms with Crippen LogP contribution in [0.3, 0.4) is 0 Å². The summed E-state index contributed by atoms with van der Waals surface area (Å²) in [4.78, 5) is 26.9. The first-order valence-electron chi connectivity index (χ1n) is 7.35. The quantitative estimate of drug-likeness (QED) is 0.814. The maximum absolute atomic E-state index is 12.0. The van der Waals surface area contributed by atoms with Gasteiger partial charge in [-0.3, -0.25) is 9.59 Å². The largest absolute Gasteiger partial charge is 0.465 e. The van der Waals surface area contributed by atoms with Crippen LogP contribution in [0.15, 0.2) is 16.5 Å². The molecular formula is C15H23N3O3. The van der Waals surface area contributed by atoms with Gasteiger partial charge >= 0.3 is 0 Å². The molecule has 1 aliphatic rings. The highest BCUT2D eigenvalue weighted by Crippen LogP contribution is 2.06. The monoisotopic (exact) mass is 293 g/mol. The van der Waals surface area contributed by atoms with Crippen LogP contribution in [0.2, 0.25) is 0 Å². The average molecular weight is 293 g/mol. The maximum Gasteiger partial charge on any atom is 0.223 e. The summed E-state index contributed by atoms with van der Waals surface area (Å²) < 4.78 is 5.45. The van der Waals surface area contributed by atoms with Crippen LogP contribution in [-0.2, 0) is 16.1 Å². The van der Waals surface area contributed by atoms with Gasteiger partial charge in [0.1, 0.15) is 11.5 Å². The Morgan fingerprint density at radius 2 is 1.86 bits per heavy atom. The topological polar surface area (TPSA) is 65.8 Å². The van der Waals surface area contributed by atoms with Crippen molar-refractivity contribution in [2.24, 2.45) is 0 Å². The molecule has 0 unspecified atom stereocenters. The molecule has 1 N–H and O–H groups in total. The van der Waals surface area contributed by atoms with Gasteiger partial charge in [-0.2, -0.15) is 0 Å². The number of amides is 2. The number of aryl methyl sites for hydroxylation is 1. The molecule has 2 rings (SSSR count). The molecule has 0 atom stereocenters. The van der Waals surface area contributed by atoms with E-state index < -0.39 is 0 Å². The Labute approximate surface area is 125 Å². The fourth-order valence-corrected chi connectivity index (χ4v) is 2.42. The third-order valence-electron chi connectivity index (χ3n) is 3.69. The molecule has 0 radical (unpaired) electrons. The molecular weight excluding hydrogens is 270 g/mol. The van der Waals surface area contributed by atoms with Crippen LogP contribution in [0, 0.1) is 6.92 Å². The molecule has 2 amide bonds. The van der Waals surface area contributed by atoms with E-state index in [0.29, 0.717) is 45.7 Å². The second-order valence-corrected chi connectivity index (χ2v) is 5.33. The summed E-state index contributed by atoms with van der Waals surface area (Å²) in [5.74, 6) is 2.00. The first kappa shape index (κ1) is 15.6. The fraction of sp³-hybridized carbons (Fsp3) is 0.600. The van der Waals surface area contributed by atoms with E-state index >= 15 is 0 Å². The predicted molar refractivity (Wildman–Crippen MR) is 78.6 cm³/mol. The van der Waals surface area contributed by atoms with Crippen LogP contribution in [0.4, 0.5) is 0 Å². The van der Waals surface area contributed by atoms with Gasteiger partial charge in [0.05, 0.1) is 6.54 Å². The number of rotatable bonds is 5. The van der Waals surface area contributed by atoms with E-state index in [9.17, 15) is 9.59 Å². The zero-order valence-corrected chi connectivity index (χ0v) is 12.7. The van der Waals surface area contributed by atoms with Crippen LogP contribution < -0.4 is 5.32 Å². The lowest BCUT2D eigenvalue weighted by Gasteiger charge is -2.34. The molecule has 21 heavy (non-hydrogen) atoms. The predicted octanol–water partition coefficient (Wildman–Crippen LogP) is 0.758. The first-order valence-corrected chi connectivity index (χ1v) is 7.35. The summed E-state index contributed by atoms with van der Waals surface area (Å²) in [5.41, 5.74) is 0. The Morgan fingerprint density at radius 3 is 2.43 bits per heavy atom. The highest BCUT2D eigenvalue weighted by Gasteiger charge is 2.21. The zero-order chi connectivity index (χ0) is 15.2. The van der Waals surface area contributed by atoms with E-state index in [-0.39, 0.29) is 11.8 Å². The standard InChI is InChI=1S/C15H23N3O3/c1-12-3-4-14(21-12)11-16-6-5-15(20)18-9-7-17(8-10-18)13(2)19/h3-4,16H,5-11H2,1-2H3. The van der Waals surface area contributed by atoms with Crippen molar-refractivity contribution in [1.29, 1.82) is 0 Å². The van der Waals surface area contributed by atoms with Gasteiger partial charge in [-0.05, 0) is 19.1 Å². The number of furan rings is 1. The van der Waals surface area contributed by atoms with Crippen molar-refractivity contribution in [2.75, 3.05) is 32.7 Å². The van der Waals surface area contributed by atoms with E-state index in [1.54, 1.807) is 11.8 Å². The Morgan fingerprint density at radius 1 is 1.19 bits per heavy atom. The van der Waals surface area contributed by atoms with Crippen molar-refractivity contribution >= 4 is 11.8 Å². The Balaban J connectivity index is 1.63. The molecule has 6 nitrogen and oxygen atoms in total. The smallest absolute Gasteiger partial charge is 0.223 e. The lowest BCUT2D eigenvalue weighted by atomic mass is 10.2. The summed E-state index contributed by atoms with van der Waals surface area (Å²) >= 11 is 0. The highest BCUT2D eigenvalue weighted by molar-refractivity contribution is 5.77. The number of hydrogen-bond acceptors (Lipinski definition) is 4. The van der Waals surface area contributed by atoms with E-state index in [0.717, 1.165) is 11.5 Å². The molecule has 0 spiro atoms. The summed E-state index contributed by atoms with van der Waals surface area (Å²) in [6.45, 7) is 7.29. The lowest BCUT2D eigenvalue weighted by molar-refractivity contribution is -0.138. The van der Waals surface area contributed by atoms with Gasteiger partial charge in [0.25, 0.3) is 0 Å². The van der Waals surface area contributed by atoms with Crippen LogP contribution in [0.1, 0.15) is 24.9 Å². The molecule has 116 valence electrons. The third-order valence-corrected chi connectivity index (χ3v) is 3.69. The molecule has 2 heterocycles. The zero-order valence-electron chi connectivity index (χ0n) is 12.7. The molecule has 1 aromatic heterocycles. The van der Waals surface area contributed by atoms with Gasteiger partial charge in [-0.1, -0.05) is 0 Å². The van der Waals surface area contributed by atoms with E-state index in [1.165, 1.54) is 0 Å². The molecule has 1 fully saturated rings. The Hall–Kier alpha value is -1.82. The minimum atomic E-state index is 0.0810. The van der Waals surface area contributed by atoms with E-state index in [1.807, 2.05) is 24.0 Å². The number of nitrogens with zero attached hydrogens (tertiary/aromatic N) is 2. The fourth-order valence-electron chi connectivity index (χ4n) is 2.42. The van der Waals surface area contributed by atoms with Gasteiger partial charge in [-0.15, -0.1) is 0 Å².